The van der Waals surface area contributed by atoms with Crippen molar-refractivity contribution in [1.82, 2.24) is 0 Å². The third-order valence-corrected chi connectivity index (χ3v) is 4.87. The summed E-state index contributed by atoms with van der Waals surface area (Å²) in [4.78, 5) is 13.1. The molecule has 0 amide bonds. The summed E-state index contributed by atoms with van der Waals surface area (Å²) in [6, 6.07) is 12.6. The summed E-state index contributed by atoms with van der Waals surface area (Å²) in [6.45, 7) is 0. The van der Waals surface area contributed by atoms with Crippen LogP contribution in [-0.2, 0) is 0 Å². The molecule has 136 valence electrons. The molecule has 1 aliphatic carbocycles. The van der Waals surface area contributed by atoms with E-state index >= 15 is 0 Å². The van der Waals surface area contributed by atoms with E-state index in [9.17, 15) is 30.3 Å². The fraction of sp³-hybridized carbons (Fsp3) is 0.0952. The molecular weight excluding hydrogens is 348 g/mol. The van der Waals surface area contributed by atoms with Gasteiger partial charge in [-0.25, -0.2) is 0 Å². The molecule has 0 bridgehead atoms. The Morgan fingerprint density at radius 2 is 1.19 bits per heavy atom. The number of phenolic OH excluding ortho intramolecular Hbond substituents is 5. The Morgan fingerprint density at radius 3 is 1.81 bits per heavy atom. The van der Waals surface area contributed by atoms with Crippen LogP contribution in [0.3, 0.4) is 0 Å². The van der Waals surface area contributed by atoms with E-state index in [1.54, 1.807) is 12.1 Å². The summed E-state index contributed by atoms with van der Waals surface area (Å²) >= 11 is 0. The van der Waals surface area contributed by atoms with E-state index in [4.69, 9.17) is 0 Å². The molecule has 0 saturated heterocycles. The highest BCUT2D eigenvalue weighted by atomic mass is 16.3. The second-order valence-corrected chi connectivity index (χ2v) is 6.62. The van der Waals surface area contributed by atoms with Crippen molar-refractivity contribution >= 4 is 5.78 Å². The Bertz CT molecular complexity index is 1030. The van der Waals surface area contributed by atoms with E-state index in [1.165, 1.54) is 36.4 Å². The zero-order valence-electron chi connectivity index (χ0n) is 14.0. The number of benzene rings is 3. The quantitative estimate of drug-likeness (QED) is 0.476. The number of hydrogen-bond acceptors (Lipinski definition) is 6. The molecular formula is C21H16O6. The summed E-state index contributed by atoms with van der Waals surface area (Å²) in [5.41, 5.74) is 1.54. The van der Waals surface area contributed by atoms with Gasteiger partial charge >= 0.3 is 0 Å². The fourth-order valence-corrected chi connectivity index (χ4v) is 3.82. The molecule has 1 aliphatic rings. The van der Waals surface area contributed by atoms with E-state index in [-0.39, 0.29) is 40.1 Å². The van der Waals surface area contributed by atoms with Gasteiger partial charge in [0.25, 0.3) is 0 Å². The lowest BCUT2D eigenvalue weighted by molar-refractivity contribution is 0.0967. The Morgan fingerprint density at radius 1 is 0.593 bits per heavy atom. The van der Waals surface area contributed by atoms with E-state index < -0.39 is 11.8 Å². The van der Waals surface area contributed by atoms with Gasteiger partial charge in [0.05, 0.1) is 5.92 Å². The van der Waals surface area contributed by atoms with Crippen LogP contribution in [0.25, 0.3) is 0 Å². The lowest BCUT2D eigenvalue weighted by atomic mass is 9.81. The van der Waals surface area contributed by atoms with Gasteiger partial charge in [-0.15, -0.1) is 0 Å². The smallest absolute Gasteiger partial charge is 0.171 e. The number of hydrogen-bond donors (Lipinski definition) is 5. The van der Waals surface area contributed by atoms with Gasteiger partial charge in [0.1, 0.15) is 28.7 Å². The number of carbonyl (C=O) groups excluding carboxylic acids is 1. The minimum atomic E-state index is -0.755. The first kappa shape index (κ1) is 16.8. The van der Waals surface area contributed by atoms with Gasteiger partial charge in [-0.05, 0) is 41.5 Å². The molecule has 0 saturated carbocycles. The summed E-state index contributed by atoms with van der Waals surface area (Å²) < 4.78 is 0. The predicted molar refractivity (Wildman–Crippen MR) is 96.6 cm³/mol. The summed E-state index contributed by atoms with van der Waals surface area (Å²) in [5, 5.41) is 49.6. The van der Waals surface area contributed by atoms with Gasteiger partial charge in [0.2, 0.25) is 0 Å². The zero-order chi connectivity index (χ0) is 19.3. The molecule has 2 atom stereocenters. The summed E-state index contributed by atoms with van der Waals surface area (Å²) in [6.07, 6.45) is 0. The van der Waals surface area contributed by atoms with Crippen molar-refractivity contribution in [2.24, 2.45) is 0 Å². The van der Waals surface area contributed by atoms with Crippen molar-refractivity contribution in [3.05, 3.63) is 76.9 Å². The highest BCUT2D eigenvalue weighted by molar-refractivity contribution is 6.08. The molecule has 1 unspecified atom stereocenters. The average molecular weight is 364 g/mol. The van der Waals surface area contributed by atoms with Crippen molar-refractivity contribution in [2.75, 3.05) is 0 Å². The Balaban J connectivity index is 1.98. The van der Waals surface area contributed by atoms with Crippen LogP contribution in [0.2, 0.25) is 0 Å². The molecule has 0 radical (unpaired) electrons. The second kappa shape index (κ2) is 5.95. The number of aromatic hydroxyl groups is 5. The molecule has 0 aliphatic heterocycles. The Kier molecular flexibility index (Phi) is 3.70. The third kappa shape index (κ3) is 2.71. The maximum atomic E-state index is 13.1. The molecule has 5 N–H and O–H groups in total. The highest BCUT2D eigenvalue weighted by Crippen LogP contribution is 2.52. The summed E-state index contributed by atoms with van der Waals surface area (Å²) in [7, 11) is 0. The Labute approximate surface area is 154 Å². The van der Waals surface area contributed by atoms with Crippen LogP contribution in [0.4, 0.5) is 0 Å². The molecule has 0 fully saturated rings. The van der Waals surface area contributed by atoms with E-state index in [2.05, 4.69) is 0 Å². The van der Waals surface area contributed by atoms with Crippen molar-refractivity contribution in [3.8, 4) is 28.7 Å². The second-order valence-electron chi connectivity index (χ2n) is 6.62. The molecule has 0 spiro atoms. The SMILES string of the molecule is O=C1c2cc(O)cc(O)c2[C@H](c2cc(O)cc(O)c2)C1c1ccc(O)cc1. The van der Waals surface area contributed by atoms with Crippen LogP contribution in [-0.4, -0.2) is 31.3 Å². The number of phenols is 5. The predicted octanol–water partition coefficient (Wildman–Crippen LogP) is 3.33. The van der Waals surface area contributed by atoms with Crippen molar-refractivity contribution in [2.45, 2.75) is 11.8 Å². The molecule has 4 rings (SSSR count). The zero-order valence-corrected chi connectivity index (χ0v) is 14.0. The van der Waals surface area contributed by atoms with Crippen LogP contribution in [0, 0.1) is 0 Å². The monoisotopic (exact) mass is 364 g/mol. The maximum Gasteiger partial charge on any atom is 0.171 e. The number of fused-ring (bicyclic) bond motifs is 1. The standard InChI is InChI=1S/C21H16O6/c22-12-3-1-10(2-4-12)19-18(11-5-13(23)7-14(24)6-11)20-16(21(19)27)8-15(25)9-17(20)26/h1-9,18-19,22-26H/t18-,19?/m1/s1. The fourth-order valence-electron chi connectivity index (χ4n) is 3.82. The lowest BCUT2D eigenvalue weighted by Crippen LogP contribution is -2.13. The van der Waals surface area contributed by atoms with Crippen LogP contribution < -0.4 is 0 Å². The van der Waals surface area contributed by atoms with Gasteiger partial charge in [0, 0.05) is 29.2 Å². The number of rotatable bonds is 2. The van der Waals surface area contributed by atoms with E-state index in [0.29, 0.717) is 16.7 Å². The largest absolute Gasteiger partial charge is 0.508 e. The Hall–Kier alpha value is -3.67. The van der Waals surface area contributed by atoms with Crippen molar-refractivity contribution < 1.29 is 30.3 Å². The van der Waals surface area contributed by atoms with Crippen LogP contribution >= 0.6 is 0 Å². The first-order valence-electron chi connectivity index (χ1n) is 8.27. The molecule has 6 heteroatoms. The molecule has 6 nitrogen and oxygen atoms in total. The number of carbonyl (C=O) groups is 1. The molecule has 27 heavy (non-hydrogen) atoms. The minimum Gasteiger partial charge on any atom is -0.508 e. The van der Waals surface area contributed by atoms with Gasteiger partial charge in [-0.2, -0.15) is 0 Å². The highest BCUT2D eigenvalue weighted by Gasteiger charge is 2.44. The average Bonchev–Trinajstić information content (AvgIpc) is 2.88. The molecule has 0 heterocycles. The van der Waals surface area contributed by atoms with Gasteiger partial charge < -0.3 is 25.5 Å². The molecule has 0 aromatic heterocycles. The summed E-state index contributed by atoms with van der Waals surface area (Å²) in [5.74, 6) is -2.52. The minimum absolute atomic E-state index is 0.0498. The van der Waals surface area contributed by atoms with Crippen LogP contribution in [0.5, 0.6) is 28.7 Å². The van der Waals surface area contributed by atoms with E-state index in [1.807, 2.05) is 0 Å². The molecule has 3 aromatic rings. The molecule has 3 aromatic carbocycles. The first-order valence-corrected chi connectivity index (χ1v) is 8.27. The number of Topliss-reactive ketones (excluding diaryl/α,β-unsaturated/α-hetero) is 1. The third-order valence-electron chi connectivity index (χ3n) is 4.87. The van der Waals surface area contributed by atoms with Crippen molar-refractivity contribution in [1.29, 1.82) is 0 Å². The van der Waals surface area contributed by atoms with Gasteiger partial charge in [-0.3, -0.25) is 4.79 Å². The lowest BCUT2D eigenvalue weighted by Gasteiger charge is -2.21. The normalized spacial score (nSPS) is 18.4. The van der Waals surface area contributed by atoms with Gasteiger partial charge in [0.15, 0.2) is 5.78 Å². The number of ketones is 1. The van der Waals surface area contributed by atoms with Crippen LogP contribution in [0.15, 0.2) is 54.6 Å². The van der Waals surface area contributed by atoms with E-state index in [0.717, 1.165) is 6.07 Å². The van der Waals surface area contributed by atoms with Crippen LogP contribution in [0.1, 0.15) is 38.9 Å². The van der Waals surface area contributed by atoms with Gasteiger partial charge in [-0.1, -0.05) is 12.1 Å². The topological polar surface area (TPSA) is 118 Å². The maximum absolute atomic E-state index is 13.1. The first-order chi connectivity index (χ1) is 12.8. The van der Waals surface area contributed by atoms with Crippen molar-refractivity contribution in [3.63, 3.8) is 0 Å².